The highest BCUT2D eigenvalue weighted by Gasteiger charge is 2.30. The number of ether oxygens (including phenoxy) is 1. The van der Waals surface area contributed by atoms with E-state index >= 15 is 0 Å². The molecule has 1 aliphatic carbocycles. The van der Waals surface area contributed by atoms with E-state index in [2.05, 4.69) is 6.92 Å². The minimum Gasteiger partial charge on any atom is -0.466 e. The van der Waals surface area contributed by atoms with Crippen molar-refractivity contribution in [2.75, 3.05) is 6.61 Å². The number of hydrogen-bond acceptors (Lipinski definition) is 3. The highest BCUT2D eigenvalue weighted by Crippen LogP contribution is 2.38. The molecule has 0 heterocycles. The van der Waals surface area contributed by atoms with Crippen LogP contribution in [-0.4, -0.2) is 18.4 Å². The summed E-state index contributed by atoms with van der Waals surface area (Å²) in [6.07, 6.45) is 4.53. The van der Waals surface area contributed by atoms with E-state index in [1.807, 2.05) is 6.92 Å². The molecule has 1 fully saturated rings. The highest BCUT2D eigenvalue weighted by molar-refractivity contribution is 5.79. The number of carbonyl (C=O) groups excluding carboxylic acids is 2. The number of Topliss-reactive ketones (excluding diaryl/α,β-unsaturated/α-hetero) is 1. The molecule has 0 saturated heterocycles. The van der Waals surface area contributed by atoms with Crippen molar-refractivity contribution in [2.45, 2.75) is 52.4 Å². The largest absolute Gasteiger partial charge is 0.466 e. The maximum atomic E-state index is 11.2. The normalized spacial score (nSPS) is 20.0. The van der Waals surface area contributed by atoms with Crippen LogP contribution in [-0.2, 0) is 14.3 Å². The average Bonchev–Trinajstić information content (AvgIpc) is 2.21. The maximum absolute atomic E-state index is 11.2. The summed E-state index contributed by atoms with van der Waals surface area (Å²) < 4.78 is 4.89. The van der Waals surface area contributed by atoms with Crippen LogP contribution in [0.4, 0.5) is 0 Å². The molecule has 0 N–H and O–H groups in total. The topological polar surface area (TPSA) is 43.4 Å². The molecule has 86 valence electrons. The van der Waals surface area contributed by atoms with Crippen molar-refractivity contribution in [1.29, 1.82) is 0 Å². The molecule has 0 spiro atoms. The van der Waals surface area contributed by atoms with E-state index in [0.717, 1.165) is 19.3 Å². The fraction of sp³-hybridized carbons (Fsp3) is 0.833. The molecule has 15 heavy (non-hydrogen) atoms. The quantitative estimate of drug-likeness (QED) is 0.672. The third-order valence-corrected chi connectivity index (χ3v) is 3.25. The molecule has 0 aromatic carbocycles. The van der Waals surface area contributed by atoms with Crippen molar-refractivity contribution >= 4 is 11.8 Å². The Bertz CT molecular complexity index is 235. The molecule has 3 heteroatoms. The van der Waals surface area contributed by atoms with E-state index < -0.39 is 0 Å². The lowest BCUT2D eigenvalue weighted by molar-refractivity contribution is -0.143. The van der Waals surface area contributed by atoms with E-state index in [0.29, 0.717) is 31.7 Å². The summed E-state index contributed by atoms with van der Waals surface area (Å²) >= 11 is 0. The third-order valence-electron chi connectivity index (χ3n) is 3.25. The van der Waals surface area contributed by atoms with Gasteiger partial charge in [-0.15, -0.1) is 0 Å². The first-order valence-electron chi connectivity index (χ1n) is 5.73. The second kappa shape index (κ2) is 5.29. The first-order chi connectivity index (χ1) is 7.06. The molecule has 0 atom stereocenters. The Morgan fingerprint density at radius 3 is 2.53 bits per heavy atom. The van der Waals surface area contributed by atoms with Crippen molar-refractivity contribution in [1.82, 2.24) is 0 Å². The van der Waals surface area contributed by atoms with Gasteiger partial charge in [-0.05, 0) is 31.6 Å². The molecule has 0 amide bonds. The van der Waals surface area contributed by atoms with Crippen LogP contribution in [0, 0.1) is 5.41 Å². The molecule has 1 saturated carbocycles. The average molecular weight is 212 g/mol. The lowest BCUT2D eigenvalue weighted by atomic mass is 9.72. The van der Waals surface area contributed by atoms with Crippen molar-refractivity contribution in [2.24, 2.45) is 5.41 Å². The molecule has 1 rings (SSSR count). The van der Waals surface area contributed by atoms with Gasteiger partial charge in [0.2, 0.25) is 0 Å². The Kier molecular flexibility index (Phi) is 4.30. The maximum Gasteiger partial charge on any atom is 0.305 e. The van der Waals surface area contributed by atoms with Crippen molar-refractivity contribution in [3.63, 3.8) is 0 Å². The van der Waals surface area contributed by atoms with E-state index in [1.54, 1.807) is 0 Å². The predicted molar refractivity (Wildman–Crippen MR) is 57.4 cm³/mol. The summed E-state index contributed by atoms with van der Waals surface area (Å²) in [5.41, 5.74) is 0.167. The molecular formula is C12H20O3. The lowest BCUT2D eigenvalue weighted by Gasteiger charge is -2.32. The summed E-state index contributed by atoms with van der Waals surface area (Å²) in [4.78, 5) is 22.3. The van der Waals surface area contributed by atoms with E-state index in [-0.39, 0.29) is 11.4 Å². The van der Waals surface area contributed by atoms with E-state index in [1.165, 1.54) is 0 Å². The minimum atomic E-state index is -0.115. The number of ketones is 1. The van der Waals surface area contributed by atoms with Crippen LogP contribution in [0.15, 0.2) is 0 Å². The summed E-state index contributed by atoms with van der Waals surface area (Å²) in [6.45, 7) is 4.44. The molecule has 0 aromatic heterocycles. The standard InChI is InChI=1S/C12H20O3/c1-3-15-11(14)6-9-12(2)7-4-10(13)5-8-12/h3-9H2,1-2H3. The number of esters is 1. The molecule has 0 aromatic rings. The van der Waals surface area contributed by atoms with Gasteiger partial charge in [-0.3, -0.25) is 9.59 Å². The summed E-state index contributed by atoms with van der Waals surface area (Å²) in [7, 11) is 0. The minimum absolute atomic E-state index is 0.115. The first kappa shape index (κ1) is 12.2. The molecule has 0 radical (unpaired) electrons. The van der Waals surface area contributed by atoms with Crippen LogP contribution >= 0.6 is 0 Å². The molecule has 0 bridgehead atoms. The van der Waals surface area contributed by atoms with Gasteiger partial charge in [-0.1, -0.05) is 6.92 Å². The fourth-order valence-corrected chi connectivity index (χ4v) is 2.02. The zero-order valence-corrected chi connectivity index (χ0v) is 9.67. The van der Waals surface area contributed by atoms with Crippen LogP contribution in [0.25, 0.3) is 0 Å². The number of hydrogen-bond donors (Lipinski definition) is 0. The SMILES string of the molecule is CCOC(=O)CCC1(C)CCC(=O)CC1. The summed E-state index contributed by atoms with van der Waals surface area (Å²) in [5, 5.41) is 0. The Balaban J connectivity index is 2.30. The van der Waals surface area contributed by atoms with Gasteiger partial charge in [0.1, 0.15) is 5.78 Å². The zero-order valence-electron chi connectivity index (χ0n) is 9.67. The van der Waals surface area contributed by atoms with E-state index in [9.17, 15) is 9.59 Å². The molecule has 3 nitrogen and oxygen atoms in total. The van der Waals surface area contributed by atoms with Gasteiger partial charge in [-0.25, -0.2) is 0 Å². The fourth-order valence-electron chi connectivity index (χ4n) is 2.02. The first-order valence-corrected chi connectivity index (χ1v) is 5.73. The second-order valence-corrected chi connectivity index (χ2v) is 4.65. The molecular weight excluding hydrogens is 192 g/mol. The zero-order chi connectivity index (χ0) is 11.3. The van der Waals surface area contributed by atoms with Gasteiger partial charge >= 0.3 is 5.97 Å². The van der Waals surface area contributed by atoms with Gasteiger partial charge < -0.3 is 4.74 Å². The van der Waals surface area contributed by atoms with Crippen LogP contribution in [0.3, 0.4) is 0 Å². The third kappa shape index (κ3) is 4.02. The number of carbonyl (C=O) groups is 2. The molecule has 0 aliphatic heterocycles. The van der Waals surface area contributed by atoms with Crippen molar-refractivity contribution < 1.29 is 14.3 Å². The van der Waals surface area contributed by atoms with Crippen molar-refractivity contribution in [3.05, 3.63) is 0 Å². The monoisotopic (exact) mass is 212 g/mol. The van der Waals surface area contributed by atoms with Crippen LogP contribution in [0.5, 0.6) is 0 Å². The molecule has 0 unspecified atom stereocenters. The summed E-state index contributed by atoms with van der Waals surface area (Å²) in [5.74, 6) is 0.249. The van der Waals surface area contributed by atoms with Gasteiger partial charge in [0, 0.05) is 19.3 Å². The Hall–Kier alpha value is -0.860. The molecule has 1 aliphatic rings. The van der Waals surface area contributed by atoms with Gasteiger partial charge in [0.25, 0.3) is 0 Å². The smallest absolute Gasteiger partial charge is 0.305 e. The second-order valence-electron chi connectivity index (χ2n) is 4.65. The van der Waals surface area contributed by atoms with Crippen LogP contribution in [0.1, 0.15) is 52.4 Å². The highest BCUT2D eigenvalue weighted by atomic mass is 16.5. The van der Waals surface area contributed by atoms with Gasteiger partial charge in [-0.2, -0.15) is 0 Å². The predicted octanol–water partition coefficient (Wildman–Crippen LogP) is 2.48. The lowest BCUT2D eigenvalue weighted by Crippen LogP contribution is -2.25. The Morgan fingerprint density at radius 2 is 2.00 bits per heavy atom. The van der Waals surface area contributed by atoms with Gasteiger partial charge in [0.05, 0.1) is 6.61 Å². The van der Waals surface area contributed by atoms with Crippen molar-refractivity contribution in [3.8, 4) is 0 Å². The van der Waals surface area contributed by atoms with E-state index in [4.69, 9.17) is 4.74 Å². The van der Waals surface area contributed by atoms with Gasteiger partial charge in [0.15, 0.2) is 0 Å². The van der Waals surface area contributed by atoms with Crippen LogP contribution < -0.4 is 0 Å². The summed E-state index contributed by atoms with van der Waals surface area (Å²) in [6, 6.07) is 0. The Morgan fingerprint density at radius 1 is 1.40 bits per heavy atom. The van der Waals surface area contributed by atoms with Crippen LogP contribution in [0.2, 0.25) is 0 Å². The Labute approximate surface area is 91.2 Å². The number of rotatable bonds is 4.